The van der Waals surface area contributed by atoms with E-state index in [1.807, 2.05) is 42.5 Å². The van der Waals surface area contributed by atoms with Crippen molar-refractivity contribution in [1.29, 1.82) is 0 Å². The molecule has 1 atom stereocenters. The van der Waals surface area contributed by atoms with Gasteiger partial charge in [-0.15, -0.1) is 0 Å². The van der Waals surface area contributed by atoms with Gasteiger partial charge in [0, 0.05) is 17.8 Å². The summed E-state index contributed by atoms with van der Waals surface area (Å²) < 4.78 is 6.76. The van der Waals surface area contributed by atoms with Crippen LogP contribution in [-0.2, 0) is 22.7 Å². The van der Waals surface area contributed by atoms with Crippen molar-refractivity contribution in [2.75, 3.05) is 0 Å². The van der Waals surface area contributed by atoms with Crippen LogP contribution in [0.4, 0.5) is 4.79 Å². The van der Waals surface area contributed by atoms with Crippen LogP contribution in [-0.4, -0.2) is 32.8 Å². The molecule has 2 aromatic heterocycles. The quantitative estimate of drug-likeness (QED) is 0.719. The number of nitrogens with one attached hydrogen (secondary N) is 1. The van der Waals surface area contributed by atoms with Gasteiger partial charge in [-0.25, -0.2) is 14.6 Å². The first kappa shape index (κ1) is 16.5. The van der Waals surface area contributed by atoms with E-state index in [1.165, 1.54) is 0 Å². The molecule has 0 bridgehead atoms. The first-order valence-electron chi connectivity index (χ1n) is 7.73. The van der Waals surface area contributed by atoms with Gasteiger partial charge in [-0.2, -0.15) is 0 Å². The molecular weight excluding hydrogens is 322 g/mol. The standard InChI is InChI=1S/C18H17N3O4/c22-17(23)15(11-21-10-8-14-7-4-9-19-16(14)21)20-18(24)25-12-13-5-2-1-3-6-13/h1-10,15H,11-12H2,(H,20,24)(H,22,23). The number of hydrogen-bond donors (Lipinski definition) is 2. The Morgan fingerprint density at radius 3 is 2.72 bits per heavy atom. The third kappa shape index (κ3) is 4.14. The minimum Gasteiger partial charge on any atom is -0.480 e. The highest BCUT2D eigenvalue weighted by Gasteiger charge is 2.22. The molecule has 0 saturated heterocycles. The van der Waals surface area contributed by atoms with Crippen LogP contribution >= 0.6 is 0 Å². The number of nitrogens with zero attached hydrogens (tertiary/aromatic N) is 2. The predicted molar refractivity (Wildman–Crippen MR) is 90.9 cm³/mol. The smallest absolute Gasteiger partial charge is 0.408 e. The highest BCUT2D eigenvalue weighted by atomic mass is 16.5. The molecule has 0 saturated carbocycles. The first-order valence-corrected chi connectivity index (χ1v) is 7.73. The molecule has 0 aliphatic heterocycles. The van der Waals surface area contributed by atoms with Crippen LogP contribution in [0.3, 0.4) is 0 Å². The van der Waals surface area contributed by atoms with Gasteiger partial charge in [0.1, 0.15) is 18.3 Å². The fraction of sp³-hybridized carbons (Fsp3) is 0.167. The van der Waals surface area contributed by atoms with E-state index in [1.54, 1.807) is 23.0 Å². The molecule has 128 valence electrons. The Bertz CT molecular complexity index is 876. The number of benzene rings is 1. The lowest BCUT2D eigenvalue weighted by molar-refractivity contribution is -0.139. The SMILES string of the molecule is O=C(NC(Cn1ccc2cccnc21)C(=O)O)OCc1ccccc1. The highest BCUT2D eigenvalue weighted by Crippen LogP contribution is 2.13. The lowest BCUT2D eigenvalue weighted by Crippen LogP contribution is -2.43. The lowest BCUT2D eigenvalue weighted by atomic mass is 10.2. The van der Waals surface area contributed by atoms with Crippen molar-refractivity contribution in [3.05, 3.63) is 66.5 Å². The van der Waals surface area contributed by atoms with Gasteiger partial charge < -0.3 is 19.7 Å². The Morgan fingerprint density at radius 1 is 1.16 bits per heavy atom. The lowest BCUT2D eigenvalue weighted by Gasteiger charge is -2.16. The molecule has 1 amide bonds. The van der Waals surface area contributed by atoms with E-state index in [2.05, 4.69) is 10.3 Å². The molecule has 2 N–H and O–H groups in total. The molecule has 0 aliphatic rings. The molecule has 25 heavy (non-hydrogen) atoms. The summed E-state index contributed by atoms with van der Waals surface area (Å²) in [5, 5.41) is 12.7. The van der Waals surface area contributed by atoms with Crippen LogP contribution < -0.4 is 5.32 Å². The molecule has 1 unspecified atom stereocenters. The number of carbonyl (C=O) groups is 2. The van der Waals surface area contributed by atoms with Crippen LogP contribution in [0.2, 0.25) is 0 Å². The molecule has 0 radical (unpaired) electrons. The topological polar surface area (TPSA) is 93.5 Å². The van der Waals surface area contributed by atoms with E-state index in [-0.39, 0.29) is 13.2 Å². The van der Waals surface area contributed by atoms with Gasteiger partial charge in [0.25, 0.3) is 0 Å². The summed E-state index contributed by atoms with van der Waals surface area (Å²) in [5.74, 6) is -1.14. The van der Waals surface area contributed by atoms with Crippen molar-refractivity contribution < 1.29 is 19.4 Å². The largest absolute Gasteiger partial charge is 0.480 e. The highest BCUT2D eigenvalue weighted by molar-refractivity contribution is 5.80. The number of hydrogen-bond acceptors (Lipinski definition) is 4. The summed E-state index contributed by atoms with van der Waals surface area (Å²) in [4.78, 5) is 27.6. The number of aliphatic carboxylic acids is 1. The van der Waals surface area contributed by atoms with E-state index < -0.39 is 18.1 Å². The maximum absolute atomic E-state index is 11.9. The maximum Gasteiger partial charge on any atom is 0.408 e. The molecule has 0 aliphatic carbocycles. The van der Waals surface area contributed by atoms with Gasteiger partial charge in [0.15, 0.2) is 0 Å². The number of aromatic nitrogens is 2. The average Bonchev–Trinajstić information content (AvgIpc) is 3.03. The molecule has 3 rings (SSSR count). The number of ether oxygens (including phenoxy) is 1. The van der Waals surface area contributed by atoms with Crippen LogP contribution in [0.25, 0.3) is 11.0 Å². The molecule has 3 aromatic rings. The van der Waals surface area contributed by atoms with Crippen molar-refractivity contribution in [2.24, 2.45) is 0 Å². The number of fused-ring (bicyclic) bond motifs is 1. The molecule has 0 fully saturated rings. The molecular formula is C18H17N3O4. The minimum atomic E-state index is -1.14. The molecule has 7 nitrogen and oxygen atoms in total. The van der Waals surface area contributed by atoms with Crippen LogP contribution in [0.5, 0.6) is 0 Å². The Labute approximate surface area is 143 Å². The number of rotatable bonds is 6. The second kappa shape index (κ2) is 7.48. The van der Waals surface area contributed by atoms with Gasteiger partial charge in [0.2, 0.25) is 0 Å². The van der Waals surface area contributed by atoms with Crippen molar-refractivity contribution in [2.45, 2.75) is 19.2 Å². The van der Waals surface area contributed by atoms with Gasteiger partial charge in [0.05, 0.1) is 6.54 Å². The third-order valence-electron chi connectivity index (χ3n) is 3.71. The summed E-state index contributed by atoms with van der Waals surface area (Å²) >= 11 is 0. The van der Waals surface area contributed by atoms with Gasteiger partial charge >= 0.3 is 12.1 Å². The maximum atomic E-state index is 11.9. The Morgan fingerprint density at radius 2 is 1.96 bits per heavy atom. The van der Waals surface area contributed by atoms with E-state index >= 15 is 0 Å². The molecule has 0 spiro atoms. The minimum absolute atomic E-state index is 0.0519. The second-order valence-electron chi connectivity index (χ2n) is 5.48. The van der Waals surface area contributed by atoms with Crippen LogP contribution in [0.1, 0.15) is 5.56 Å². The number of alkyl carbamates (subject to hydrolysis) is 1. The van der Waals surface area contributed by atoms with Gasteiger partial charge in [-0.3, -0.25) is 0 Å². The van der Waals surface area contributed by atoms with E-state index in [0.717, 1.165) is 10.9 Å². The Kier molecular flexibility index (Phi) is 4.94. The molecule has 1 aromatic carbocycles. The fourth-order valence-corrected chi connectivity index (χ4v) is 2.46. The summed E-state index contributed by atoms with van der Waals surface area (Å²) in [6.45, 7) is 0.128. The van der Waals surface area contributed by atoms with Crippen molar-refractivity contribution >= 4 is 23.1 Å². The van der Waals surface area contributed by atoms with Crippen molar-refractivity contribution in [1.82, 2.24) is 14.9 Å². The van der Waals surface area contributed by atoms with Gasteiger partial charge in [-0.05, 0) is 23.8 Å². The Balaban J connectivity index is 1.63. The summed E-state index contributed by atoms with van der Waals surface area (Å²) in [6.07, 6.45) is 2.60. The fourth-order valence-electron chi connectivity index (χ4n) is 2.46. The number of pyridine rings is 1. The van der Waals surface area contributed by atoms with Gasteiger partial charge in [-0.1, -0.05) is 30.3 Å². The predicted octanol–water partition coefficient (Wildman–Crippen LogP) is 2.42. The van der Waals surface area contributed by atoms with Crippen molar-refractivity contribution in [3.8, 4) is 0 Å². The van der Waals surface area contributed by atoms with Crippen LogP contribution in [0, 0.1) is 0 Å². The summed E-state index contributed by atoms with van der Waals surface area (Å²) in [5.41, 5.74) is 1.48. The average molecular weight is 339 g/mol. The monoisotopic (exact) mass is 339 g/mol. The summed E-state index contributed by atoms with van der Waals surface area (Å²) in [7, 11) is 0. The molecule has 7 heteroatoms. The van der Waals surface area contributed by atoms with Crippen LogP contribution in [0.15, 0.2) is 60.9 Å². The number of amides is 1. The first-order chi connectivity index (χ1) is 12.1. The zero-order valence-electron chi connectivity index (χ0n) is 13.3. The Hall–Kier alpha value is -3.35. The third-order valence-corrected chi connectivity index (χ3v) is 3.71. The molecule has 2 heterocycles. The van der Waals surface area contributed by atoms with E-state index in [0.29, 0.717) is 5.65 Å². The zero-order chi connectivity index (χ0) is 17.6. The van der Waals surface area contributed by atoms with E-state index in [9.17, 15) is 14.7 Å². The number of carbonyl (C=O) groups excluding carboxylic acids is 1. The van der Waals surface area contributed by atoms with E-state index in [4.69, 9.17) is 4.74 Å². The normalized spacial score (nSPS) is 11.8. The summed E-state index contributed by atoms with van der Waals surface area (Å²) in [6, 6.07) is 13.6. The van der Waals surface area contributed by atoms with Crippen molar-refractivity contribution in [3.63, 3.8) is 0 Å². The number of carboxylic acids is 1. The zero-order valence-corrected chi connectivity index (χ0v) is 13.3. The second-order valence-corrected chi connectivity index (χ2v) is 5.48. The number of carboxylic acid groups (broad SMARTS) is 1.